The van der Waals surface area contributed by atoms with E-state index in [9.17, 15) is 0 Å². The minimum Gasteiger partial charge on any atom is -0.207 e. The summed E-state index contributed by atoms with van der Waals surface area (Å²) in [6, 6.07) is 6.39. The van der Waals surface area contributed by atoms with Crippen LogP contribution in [0.1, 0.15) is 146 Å². The summed E-state index contributed by atoms with van der Waals surface area (Å²) in [6.07, 6.45) is 23.0. The number of hydrogen-bond donors (Lipinski definition) is 0. The number of halogens is 1. The highest BCUT2D eigenvalue weighted by Gasteiger charge is 2.31. The molecule has 0 aliphatic heterocycles. The maximum atomic E-state index is 15.2. The van der Waals surface area contributed by atoms with E-state index in [1.54, 1.807) is 0 Å². The summed E-state index contributed by atoms with van der Waals surface area (Å²) < 4.78 is 15.2. The lowest BCUT2D eigenvalue weighted by Gasteiger charge is -2.38. The van der Waals surface area contributed by atoms with Gasteiger partial charge in [0.05, 0.1) is 0 Å². The minimum atomic E-state index is 0.0934. The Bertz CT molecular complexity index is 670. The summed E-state index contributed by atoms with van der Waals surface area (Å²) in [5.74, 6) is 4.98. The Labute approximate surface area is 198 Å². The largest absolute Gasteiger partial charge is 0.207 e. The van der Waals surface area contributed by atoms with Gasteiger partial charge in [-0.25, -0.2) is 4.39 Å². The van der Waals surface area contributed by atoms with Crippen LogP contribution in [-0.4, -0.2) is 0 Å². The van der Waals surface area contributed by atoms with Crippen LogP contribution in [0.5, 0.6) is 0 Å². The van der Waals surface area contributed by atoms with Crippen molar-refractivity contribution in [1.29, 1.82) is 0 Å². The Morgan fingerprint density at radius 1 is 0.656 bits per heavy atom. The van der Waals surface area contributed by atoms with Gasteiger partial charge in [-0.05, 0) is 117 Å². The molecule has 4 rings (SSSR count). The third-order valence-electron chi connectivity index (χ3n) is 9.78. The zero-order valence-corrected chi connectivity index (χ0v) is 21.1. The molecule has 0 saturated heterocycles. The lowest BCUT2D eigenvalue weighted by molar-refractivity contribution is 0.156. The topological polar surface area (TPSA) is 0 Å². The van der Waals surface area contributed by atoms with Crippen molar-refractivity contribution in [2.75, 3.05) is 0 Å². The molecule has 3 saturated carbocycles. The average molecular weight is 441 g/mol. The SMILES string of the molecule is CCCCC1CCC(c2ccc(C3CCC(C4CCC(CCC)CC4)CC3)cc2F)CC1. The molecule has 180 valence electrons. The van der Waals surface area contributed by atoms with Gasteiger partial charge in [-0.3, -0.25) is 0 Å². The number of hydrogen-bond acceptors (Lipinski definition) is 0. The number of rotatable bonds is 8. The van der Waals surface area contributed by atoms with Crippen LogP contribution in [-0.2, 0) is 0 Å². The van der Waals surface area contributed by atoms with E-state index in [1.807, 2.05) is 6.07 Å². The van der Waals surface area contributed by atoms with Crippen molar-refractivity contribution in [2.45, 2.75) is 135 Å². The third kappa shape index (κ3) is 6.18. The summed E-state index contributed by atoms with van der Waals surface area (Å²) in [4.78, 5) is 0. The second-order valence-electron chi connectivity index (χ2n) is 11.8. The van der Waals surface area contributed by atoms with Crippen LogP contribution in [0.25, 0.3) is 0 Å². The summed E-state index contributed by atoms with van der Waals surface area (Å²) in [5.41, 5.74) is 2.30. The molecule has 1 heteroatoms. The summed E-state index contributed by atoms with van der Waals surface area (Å²) >= 11 is 0. The Morgan fingerprint density at radius 3 is 1.81 bits per heavy atom. The average Bonchev–Trinajstić information content (AvgIpc) is 2.84. The van der Waals surface area contributed by atoms with Crippen molar-refractivity contribution in [3.8, 4) is 0 Å². The van der Waals surface area contributed by atoms with Crippen LogP contribution in [0.3, 0.4) is 0 Å². The predicted octanol–water partition coefficient (Wildman–Crippen LogP) is 10.2. The van der Waals surface area contributed by atoms with Crippen molar-refractivity contribution in [3.63, 3.8) is 0 Å². The molecular formula is C31H49F. The number of unbranched alkanes of at least 4 members (excludes halogenated alkanes) is 1. The van der Waals surface area contributed by atoms with Gasteiger partial charge in [-0.1, -0.05) is 70.9 Å². The fourth-order valence-corrected chi connectivity index (χ4v) is 7.66. The molecule has 0 spiro atoms. The molecular weight excluding hydrogens is 391 g/mol. The van der Waals surface area contributed by atoms with Crippen molar-refractivity contribution < 1.29 is 4.39 Å². The smallest absolute Gasteiger partial charge is 0.126 e. The maximum absolute atomic E-state index is 15.2. The van der Waals surface area contributed by atoms with Gasteiger partial charge >= 0.3 is 0 Å². The molecule has 0 N–H and O–H groups in total. The Kier molecular flexibility index (Phi) is 9.13. The van der Waals surface area contributed by atoms with Gasteiger partial charge in [-0.15, -0.1) is 0 Å². The lowest BCUT2D eigenvalue weighted by atomic mass is 9.68. The second-order valence-corrected chi connectivity index (χ2v) is 11.8. The number of benzene rings is 1. The van der Waals surface area contributed by atoms with Gasteiger partial charge in [0.1, 0.15) is 5.82 Å². The Balaban J connectivity index is 1.25. The van der Waals surface area contributed by atoms with E-state index in [2.05, 4.69) is 26.0 Å². The highest BCUT2D eigenvalue weighted by atomic mass is 19.1. The van der Waals surface area contributed by atoms with Crippen LogP contribution in [0.2, 0.25) is 0 Å². The molecule has 0 aromatic heterocycles. The van der Waals surface area contributed by atoms with E-state index >= 15 is 4.39 Å². The van der Waals surface area contributed by atoms with Crippen molar-refractivity contribution in [2.24, 2.45) is 23.7 Å². The molecule has 0 radical (unpaired) electrons. The van der Waals surface area contributed by atoms with Crippen LogP contribution in [0, 0.1) is 29.5 Å². The zero-order chi connectivity index (χ0) is 22.3. The minimum absolute atomic E-state index is 0.0934. The third-order valence-corrected chi connectivity index (χ3v) is 9.78. The molecule has 0 nitrogen and oxygen atoms in total. The van der Waals surface area contributed by atoms with Gasteiger partial charge in [0.25, 0.3) is 0 Å². The zero-order valence-electron chi connectivity index (χ0n) is 21.1. The Morgan fingerprint density at radius 2 is 1.22 bits per heavy atom. The first-order chi connectivity index (χ1) is 15.7. The first-order valence-electron chi connectivity index (χ1n) is 14.5. The van der Waals surface area contributed by atoms with Gasteiger partial charge < -0.3 is 0 Å². The molecule has 1 aromatic carbocycles. The molecule has 3 fully saturated rings. The van der Waals surface area contributed by atoms with Crippen molar-refractivity contribution in [3.05, 3.63) is 35.1 Å². The van der Waals surface area contributed by atoms with Gasteiger partial charge in [0.2, 0.25) is 0 Å². The van der Waals surface area contributed by atoms with E-state index in [1.165, 1.54) is 115 Å². The molecule has 0 amide bonds. The van der Waals surface area contributed by atoms with Crippen LogP contribution >= 0.6 is 0 Å². The van der Waals surface area contributed by atoms with Crippen LogP contribution in [0.4, 0.5) is 4.39 Å². The molecule has 3 aliphatic rings. The van der Waals surface area contributed by atoms with E-state index in [0.717, 1.165) is 29.2 Å². The highest BCUT2D eigenvalue weighted by Crippen LogP contribution is 2.45. The highest BCUT2D eigenvalue weighted by molar-refractivity contribution is 5.30. The normalized spacial score (nSPS) is 33.8. The first kappa shape index (κ1) is 24.3. The molecule has 1 aromatic rings. The standard InChI is InChI=1S/C31H49F/c1-3-5-7-24-10-14-28(15-11-24)30-21-20-29(22-31(30)32)27-18-16-26(17-19-27)25-12-8-23(6-4-2)9-13-25/h20-28H,3-19H2,1-2H3. The van der Waals surface area contributed by atoms with Gasteiger partial charge in [-0.2, -0.15) is 0 Å². The van der Waals surface area contributed by atoms with Crippen LogP contribution in [0.15, 0.2) is 18.2 Å². The Hall–Kier alpha value is -0.850. The fraction of sp³-hybridized carbons (Fsp3) is 0.806. The quantitative estimate of drug-likeness (QED) is 0.377. The molecule has 3 aliphatic carbocycles. The van der Waals surface area contributed by atoms with E-state index in [0.29, 0.717) is 11.8 Å². The molecule has 0 bridgehead atoms. The predicted molar refractivity (Wildman–Crippen MR) is 136 cm³/mol. The van der Waals surface area contributed by atoms with E-state index < -0.39 is 0 Å². The summed E-state index contributed by atoms with van der Waals surface area (Å²) in [6.45, 7) is 4.62. The van der Waals surface area contributed by atoms with Gasteiger partial charge in [0.15, 0.2) is 0 Å². The van der Waals surface area contributed by atoms with Crippen molar-refractivity contribution >= 4 is 0 Å². The summed E-state index contributed by atoms with van der Waals surface area (Å²) in [7, 11) is 0. The fourth-order valence-electron chi connectivity index (χ4n) is 7.66. The molecule has 32 heavy (non-hydrogen) atoms. The first-order valence-corrected chi connectivity index (χ1v) is 14.5. The van der Waals surface area contributed by atoms with Crippen LogP contribution < -0.4 is 0 Å². The second kappa shape index (κ2) is 12.0. The van der Waals surface area contributed by atoms with E-state index in [4.69, 9.17) is 0 Å². The summed E-state index contributed by atoms with van der Waals surface area (Å²) in [5, 5.41) is 0. The van der Waals surface area contributed by atoms with Gasteiger partial charge in [0, 0.05) is 0 Å². The molecule has 0 heterocycles. The van der Waals surface area contributed by atoms with E-state index in [-0.39, 0.29) is 5.82 Å². The molecule has 0 atom stereocenters. The van der Waals surface area contributed by atoms with Crippen molar-refractivity contribution in [1.82, 2.24) is 0 Å². The molecule has 0 unspecified atom stereocenters. The monoisotopic (exact) mass is 440 g/mol. The maximum Gasteiger partial charge on any atom is 0.126 e. The lowest BCUT2D eigenvalue weighted by Crippen LogP contribution is -2.25.